The highest BCUT2D eigenvalue weighted by atomic mass is 79.9. The lowest BCUT2D eigenvalue weighted by atomic mass is 9.90. The van der Waals surface area contributed by atoms with Crippen molar-refractivity contribution in [1.29, 1.82) is 0 Å². The average Bonchev–Trinajstić information content (AvgIpc) is 2.60. The fraction of sp³-hybridized carbons (Fsp3) is 0.0952. The number of rotatable bonds is 0. The first-order valence-corrected chi connectivity index (χ1v) is 9.59. The van der Waals surface area contributed by atoms with Gasteiger partial charge in [0.15, 0.2) is 9.02 Å². The molecule has 0 saturated carbocycles. The van der Waals surface area contributed by atoms with Crippen LogP contribution in [-0.2, 0) is 11.2 Å². The second kappa shape index (κ2) is 5.29. The Balaban J connectivity index is 1.76. The molecule has 0 fully saturated rings. The van der Waals surface area contributed by atoms with E-state index in [1.165, 1.54) is 21.5 Å². The quantitative estimate of drug-likeness (QED) is 0.316. The summed E-state index contributed by atoms with van der Waals surface area (Å²) < 4.78 is 5.21. The fourth-order valence-corrected chi connectivity index (χ4v) is 4.40. The molecule has 3 aromatic rings. The summed E-state index contributed by atoms with van der Waals surface area (Å²) in [6.07, 6.45) is 4.20. The number of benzene rings is 3. The van der Waals surface area contributed by atoms with Gasteiger partial charge >= 0.3 is 0 Å². The van der Waals surface area contributed by atoms with Crippen LogP contribution in [0.3, 0.4) is 0 Å². The normalized spacial score (nSPS) is 18.2. The lowest BCUT2D eigenvalue weighted by Gasteiger charge is -2.29. The van der Waals surface area contributed by atoms with Gasteiger partial charge in [-0.25, -0.2) is 0 Å². The molecule has 2 nitrogen and oxygen atoms in total. The molecule has 5 rings (SSSR count). The third kappa shape index (κ3) is 2.31. The number of hydrogen-bond acceptors (Lipinski definition) is 2. The molecule has 25 heavy (non-hydrogen) atoms. The topological polar surface area (TPSA) is 26.3 Å². The van der Waals surface area contributed by atoms with E-state index in [1.54, 1.807) is 6.08 Å². The number of hydrogen-bond donors (Lipinski definition) is 0. The molecule has 1 aliphatic heterocycles. The van der Waals surface area contributed by atoms with Gasteiger partial charge in [0.05, 0.1) is 0 Å². The molecule has 2 aliphatic rings. The van der Waals surface area contributed by atoms with Gasteiger partial charge in [0.2, 0.25) is 0 Å². The highest BCUT2D eigenvalue weighted by Gasteiger charge is 2.36. The van der Waals surface area contributed by atoms with Gasteiger partial charge in [-0.1, -0.05) is 74.3 Å². The minimum Gasteiger partial charge on any atom is -0.457 e. The van der Waals surface area contributed by atoms with Crippen LogP contribution in [0.4, 0.5) is 0 Å². The van der Waals surface area contributed by atoms with Gasteiger partial charge in [0.25, 0.3) is 0 Å². The second-order valence-corrected chi connectivity index (χ2v) is 9.93. The SMILES string of the molecule is O=C1C=C2Oc3ccc4c(ccc5ccccc54)c3CC2=CC1(Br)Br. The van der Waals surface area contributed by atoms with Crippen molar-refractivity contribution in [2.45, 2.75) is 9.65 Å². The second-order valence-electron chi connectivity index (χ2n) is 6.37. The fourth-order valence-electron chi connectivity index (χ4n) is 3.62. The molecule has 4 heteroatoms. The number of alkyl halides is 2. The van der Waals surface area contributed by atoms with Crippen molar-refractivity contribution in [2.24, 2.45) is 0 Å². The number of ether oxygens (including phenoxy) is 1. The summed E-state index contributed by atoms with van der Waals surface area (Å²) in [7, 11) is 0. The third-order valence-corrected chi connectivity index (χ3v) is 6.08. The molecule has 0 bridgehead atoms. The van der Waals surface area contributed by atoms with E-state index in [1.807, 2.05) is 12.1 Å². The highest BCUT2D eigenvalue weighted by Crippen LogP contribution is 2.44. The first-order chi connectivity index (χ1) is 12.0. The molecule has 0 spiro atoms. The van der Waals surface area contributed by atoms with Gasteiger partial charge in [-0.2, -0.15) is 0 Å². The van der Waals surface area contributed by atoms with Crippen LogP contribution in [0, 0.1) is 0 Å². The first-order valence-electron chi connectivity index (χ1n) is 8.00. The maximum atomic E-state index is 12.1. The van der Waals surface area contributed by atoms with Crippen molar-refractivity contribution >= 4 is 59.2 Å². The summed E-state index contributed by atoms with van der Waals surface area (Å²) in [6.45, 7) is 0. The summed E-state index contributed by atoms with van der Waals surface area (Å²) >= 11 is 6.87. The number of carbonyl (C=O) groups excluding carboxylic acids is 1. The zero-order valence-corrected chi connectivity index (χ0v) is 16.2. The first kappa shape index (κ1) is 15.4. The molecule has 0 radical (unpaired) electrons. The lowest BCUT2D eigenvalue weighted by molar-refractivity contribution is -0.114. The summed E-state index contributed by atoms with van der Waals surface area (Å²) in [5.41, 5.74) is 2.18. The molecule has 0 unspecified atom stereocenters. The lowest BCUT2D eigenvalue weighted by Crippen LogP contribution is -2.28. The summed E-state index contributed by atoms with van der Waals surface area (Å²) in [4.78, 5) is 12.1. The van der Waals surface area contributed by atoms with Crippen LogP contribution in [-0.4, -0.2) is 9.02 Å². The Morgan fingerprint density at radius 1 is 0.920 bits per heavy atom. The molecule has 1 aliphatic carbocycles. The van der Waals surface area contributed by atoms with Crippen LogP contribution >= 0.6 is 31.9 Å². The van der Waals surface area contributed by atoms with Crippen molar-refractivity contribution in [3.8, 4) is 5.75 Å². The smallest absolute Gasteiger partial charge is 0.190 e. The van der Waals surface area contributed by atoms with Gasteiger partial charge in [0, 0.05) is 18.1 Å². The van der Waals surface area contributed by atoms with Gasteiger partial charge in [0.1, 0.15) is 11.5 Å². The Labute approximate surface area is 161 Å². The molecular weight excluding hydrogens is 444 g/mol. The predicted octanol–water partition coefficient (Wildman–Crippen LogP) is 5.81. The van der Waals surface area contributed by atoms with Gasteiger partial charge in [-0.15, -0.1) is 0 Å². The monoisotopic (exact) mass is 454 g/mol. The van der Waals surface area contributed by atoms with Crippen molar-refractivity contribution < 1.29 is 9.53 Å². The Bertz CT molecular complexity index is 1140. The Morgan fingerprint density at radius 3 is 2.60 bits per heavy atom. The molecule has 0 aromatic heterocycles. The maximum Gasteiger partial charge on any atom is 0.190 e. The van der Waals surface area contributed by atoms with Crippen LogP contribution < -0.4 is 4.74 Å². The van der Waals surface area contributed by atoms with E-state index in [0.29, 0.717) is 5.76 Å². The maximum absolute atomic E-state index is 12.1. The molecule has 122 valence electrons. The molecule has 0 atom stereocenters. The van der Waals surface area contributed by atoms with Gasteiger partial charge in [-0.05, 0) is 39.3 Å². The van der Waals surface area contributed by atoms with Crippen LogP contribution in [0.2, 0.25) is 0 Å². The van der Waals surface area contributed by atoms with Crippen molar-refractivity contribution in [2.75, 3.05) is 0 Å². The van der Waals surface area contributed by atoms with E-state index in [4.69, 9.17) is 4.74 Å². The number of carbonyl (C=O) groups is 1. The number of allylic oxidation sites excluding steroid dienone is 3. The predicted molar refractivity (Wildman–Crippen MR) is 108 cm³/mol. The number of fused-ring (bicyclic) bond motifs is 6. The summed E-state index contributed by atoms with van der Waals surface area (Å²) in [6, 6.07) is 16.8. The molecule has 1 heterocycles. The minimum atomic E-state index is -0.836. The largest absolute Gasteiger partial charge is 0.457 e. The Kier molecular flexibility index (Phi) is 3.25. The number of halogens is 2. The standard InChI is InChI=1S/C21H12Br2O2/c22-21(23)11-13-9-17-16-6-5-12-3-1-2-4-14(12)15(16)7-8-18(17)25-19(13)10-20(21)24/h1-8,10-11H,9H2. The van der Waals surface area contributed by atoms with E-state index >= 15 is 0 Å². The van der Waals surface area contributed by atoms with Gasteiger partial charge in [-0.3, -0.25) is 4.79 Å². The Hall–Kier alpha value is -1.91. The Morgan fingerprint density at radius 2 is 1.72 bits per heavy atom. The molecule has 0 amide bonds. The zero-order chi connectivity index (χ0) is 17.2. The molecule has 0 N–H and O–H groups in total. The summed E-state index contributed by atoms with van der Waals surface area (Å²) in [5.74, 6) is 1.41. The van der Waals surface area contributed by atoms with E-state index in [0.717, 1.165) is 23.3 Å². The van der Waals surface area contributed by atoms with Crippen LogP contribution in [0.15, 0.2) is 72.0 Å². The molecule has 0 saturated heterocycles. The van der Waals surface area contributed by atoms with Crippen molar-refractivity contribution in [3.05, 3.63) is 77.6 Å². The molecular formula is C21H12Br2O2. The van der Waals surface area contributed by atoms with E-state index in [2.05, 4.69) is 74.3 Å². The van der Waals surface area contributed by atoms with Crippen molar-refractivity contribution in [3.63, 3.8) is 0 Å². The van der Waals surface area contributed by atoms with Crippen LogP contribution in [0.25, 0.3) is 21.5 Å². The van der Waals surface area contributed by atoms with Crippen LogP contribution in [0.5, 0.6) is 5.75 Å². The third-order valence-electron chi connectivity index (χ3n) is 4.84. The van der Waals surface area contributed by atoms with E-state index < -0.39 is 3.23 Å². The zero-order valence-electron chi connectivity index (χ0n) is 13.1. The highest BCUT2D eigenvalue weighted by molar-refractivity contribution is 9.26. The van der Waals surface area contributed by atoms with Crippen molar-refractivity contribution in [1.82, 2.24) is 0 Å². The average molecular weight is 456 g/mol. The minimum absolute atomic E-state index is 0.0681. The van der Waals surface area contributed by atoms with Crippen LogP contribution in [0.1, 0.15) is 5.56 Å². The van der Waals surface area contributed by atoms with Gasteiger partial charge < -0.3 is 4.74 Å². The number of ketones is 1. The summed E-state index contributed by atoms with van der Waals surface area (Å²) in [5, 5.41) is 4.90. The molecule has 3 aromatic carbocycles. The van der Waals surface area contributed by atoms with E-state index in [9.17, 15) is 4.79 Å². The van der Waals surface area contributed by atoms with E-state index in [-0.39, 0.29) is 5.78 Å².